The van der Waals surface area contributed by atoms with Crippen molar-refractivity contribution in [3.8, 4) is 0 Å². The summed E-state index contributed by atoms with van der Waals surface area (Å²) in [6.07, 6.45) is 0. The second-order valence-electron chi connectivity index (χ2n) is 8.74. The van der Waals surface area contributed by atoms with Crippen molar-refractivity contribution in [2.75, 3.05) is 7.11 Å². The fourth-order valence-corrected chi connectivity index (χ4v) is 5.39. The van der Waals surface area contributed by atoms with Crippen LogP contribution in [0.15, 0.2) is 72.8 Å². The lowest BCUT2D eigenvalue weighted by Gasteiger charge is -2.10. The summed E-state index contributed by atoms with van der Waals surface area (Å²) in [6, 6.07) is 26.7. The monoisotopic (exact) mass is 426 g/mol. The summed E-state index contributed by atoms with van der Waals surface area (Å²) >= 11 is 0. The molecule has 0 fully saturated rings. The summed E-state index contributed by atoms with van der Waals surface area (Å²) in [7, 11) is 1.00. The maximum Gasteiger partial charge on any atom is 0.0319 e. The normalized spacial score (nSPS) is 21.8. The second kappa shape index (κ2) is 10.3. The molecule has 0 spiro atoms. The third-order valence-corrected chi connectivity index (χ3v) is 7.40. The summed E-state index contributed by atoms with van der Waals surface area (Å²) < 4.78 is 0. The van der Waals surface area contributed by atoms with Gasteiger partial charge in [0.05, 0.1) is 0 Å². The molecule has 0 aliphatic heterocycles. The van der Waals surface area contributed by atoms with Crippen LogP contribution in [0.1, 0.15) is 87.5 Å². The van der Waals surface area contributed by atoms with Crippen LogP contribution in [0.3, 0.4) is 0 Å². The van der Waals surface area contributed by atoms with Gasteiger partial charge in [0.2, 0.25) is 0 Å². The Kier molecular flexibility index (Phi) is 7.74. The average Bonchev–Trinajstić information content (AvgIpc) is 3.26. The van der Waals surface area contributed by atoms with E-state index in [1.165, 1.54) is 43.8 Å². The lowest BCUT2D eigenvalue weighted by Crippen LogP contribution is -1.95. The Hall–Kier alpha value is -2.64. The zero-order valence-corrected chi connectivity index (χ0v) is 20.7. The number of rotatable bonds is 0. The van der Waals surface area contributed by atoms with Gasteiger partial charge >= 0.3 is 0 Å². The van der Waals surface area contributed by atoms with Crippen LogP contribution in [0.2, 0.25) is 0 Å². The first kappa shape index (κ1) is 24.0. The fourth-order valence-electron chi connectivity index (χ4n) is 5.39. The van der Waals surface area contributed by atoms with Crippen molar-refractivity contribution in [1.82, 2.24) is 0 Å². The van der Waals surface area contributed by atoms with Gasteiger partial charge in [-0.2, -0.15) is 0 Å². The molecule has 4 atom stereocenters. The molecule has 0 amide bonds. The first-order valence-corrected chi connectivity index (χ1v) is 12.1. The van der Waals surface area contributed by atoms with Crippen molar-refractivity contribution < 1.29 is 5.11 Å². The zero-order chi connectivity index (χ0) is 23.4. The minimum Gasteiger partial charge on any atom is -0.400 e. The number of hydrogen-bond acceptors (Lipinski definition) is 1. The molecule has 2 aliphatic carbocycles. The largest absolute Gasteiger partial charge is 0.400 e. The Balaban J connectivity index is 0.000000157. The van der Waals surface area contributed by atoms with Gasteiger partial charge in [-0.3, -0.25) is 0 Å². The van der Waals surface area contributed by atoms with Gasteiger partial charge in [0, 0.05) is 7.11 Å². The van der Waals surface area contributed by atoms with Gasteiger partial charge in [-0.05, 0) is 67.5 Å². The number of aliphatic hydroxyl groups is 1. The molecule has 0 bridgehead atoms. The van der Waals surface area contributed by atoms with Gasteiger partial charge in [0.15, 0.2) is 0 Å². The summed E-state index contributed by atoms with van der Waals surface area (Å²) in [6.45, 7) is 13.3. The van der Waals surface area contributed by atoms with Crippen molar-refractivity contribution in [2.45, 2.75) is 65.2 Å². The van der Waals surface area contributed by atoms with Crippen LogP contribution in [-0.2, 0) is 0 Å². The molecule has 1 N–H and O–H groups in total. The van der Waals surface area contributed by atoms with E-state index in [-0.39, 0.29) is 0 Å². The van der Waals surface area contributed by atoms with E-state index in [1.54, 1.807) is 0 Å². The van der Waals surface area contributed by atoms with Crippen LogP contribution in [0, 0.1) is 0 Å². The van der Waals surface area contributed by atoms with Crippen LogP contribution in [-0.4, -0.2) is 12.2 Å². The van der Waals surface area contributed by atoms with E-state index < -0.39 is 0 Å². The van der Waals surface area contributed by atoms with Crippen LogP contribution < -0.4 is 0 Å². The standard InChI is InChI=1S/2C14H14.C2H6.CH4O/c2*1-9-10(2)13-8-4-6-11-5-3-7-12(9)14(11)13;2*1-2/h2*3-10H,1-2H3;1-2H3;2H,1H3. The minimum atomic E-state index is 0.677. The summed E-state index contributed by atoms with van der Waals surface area (Å²) in [5, 5.41) is 12.8. The number of hydrogen-bond donors (Lipinski definition) is 1. The molecule has 0 saturated carbocycles. The molecule has 4 aromatic rings. The van der Waals surface area contributed by atoms with Gasteiger partial charge in [-0.25, -0.2) is 0 Å². The number of aliphatic hydroxyl groups excluding tert-OH is 1. The predicted molar refractivity (Wildman–Crippen MR) is 141 cm³/mol. The van der Waals surface area contributed by atoms with Crippen molar-refractivity contribution in [3.63, 3.8) is 0 Å². The second-order valence-corrected chi connectivity index (χ2v) is 8.74. The molecule has 4 aromatic carbocycles. The SMILES string of the molecule is CC.CC1c2cccc3cccc(c23)C1C.CC1c2cccc3cccc(c23)C1C.CO. The summed E-state index contributed by atoms with van der Waals surface area (Å²) in [5.74, 6) is 2.71. The molecular formula is C31H38O. The van der Waals surface area contributed by atoms with E-state index in [2.05, 4.69) is 100 Å². The quantitative estimate of drug-likeness (QED) is 0.298. The fraction of sp³-hybridized carbons (Fsp3) is 0.355. The van der Waals surface area contributed by atoms with Gasteiger partial charge in [0.1, 0.15) is 0 Å². The van der Waals surface area contributed by atoms with E-state index in [4.69, 9.17) is 5.11 Å². The van der Waals surface area contributed by atoms with Crippen LogP contribution in [0.25, 0.3) is 21.5 Å². The highest BCUT2D eigenvalue weighted by Crippen LogP contribution is 2.46. The van der Waals surface area contributed by atoms with E-state index in [9.17, 15) is 0 Å². The van der Waals surface area contributed by atoms with Crippen molar-refractivity contribution in [3.05, 3.63) is 95.1 Å². The molecule has 1 nitrogen and oxygen atoms in total. The maximum atomic E-state index is 7.00. The lowest BCUT2D eigenvalue weighted by molar-refractivity contribution is 0.399. The first-order valence-electron chi connectivity index (χ1n) is 12.1. The van der Waals surface area contributed by atoms with Crippen molar-refractivity contribution in [2.24, 2.45) is 0 Å². The Morgan fingerprint density at radius 3 is 0.875 bits per heavy atom. The topological polar surface area (TPSA) is 20.2 Å². The van der Waals surface area contributed by atoms with Crippen molar-refractivity contribution in [1.29, 1.82) is 0 Å². The maximum absolute atomic E-state index is 7.00. The Morgan fingerprint density at radius 1 is 0.438 bits per heavy atom. The highest BCUT2D eigenvalue weighted by atomic mass is 16.2. The minimum absolute atomic E-state index is 0.677. The molecule has 0 saturated heterocycles. The van der Waals surface area contributed by atoms with E-state index >= 15 is 0 Å². The number of benzene rings is 4. The molecule has 168 valence electrons. The van der Waals surface area contributed by atoms with E-state index in [1.807, 2.05) is 13.8 Å². The highest BCUT2D eigenvalue weighted by molar-refractivity contribution is 5.93. The molecule has 4 unspecified atom stereocenters. The zero-order valence-electron chi connectivity index (χ0n) is 20.7. The third-order valence-electron chi connectivity index (χ3n) is 7.40. The first-order chi connectivity index (χ1) is 15.6. The van der Waals surface area contributed by atoms with Gasteiger partial charge in [-0.1, -0.05) is 114 Å². The Bertz CT molecular complexity index is 1010. The molecule has 1 heteroatoms. The molecule has 32 heavy (non-hydrogen) atoms. The molecule has 6 rings (SSSR count). The average molecular weight is 427 g/mol. The van der Waals surface area contributed by atoms with Gasteiger partial charge in [-0.15, -0.1) is 0 Å². The predicted octanol–water partition coefficient (Wildman–Crippen LogP) is 8.76. The summed E-state index contributed by atoms with van der Waals surface area (Å²) in [5.41, 5.74) is 6.13. The smallest absolute Gasteiger partial charge is 0.0319 e. The van der Waals surface area contributed by atoms with Gasteiger partial charge < -0.3 is 5.11 Å². The molecule has 2 aliphatic rings. The highest BCUT2D eigenvalue weighted by Gasteiger charge is 2.28. The van der Waals surface area contributed by atoms with E-state index in [0.717, 1.165) is 7.11 Å². The van der Waals surface area contributed by atoms with Gasteiger partial charge in [0.25, 0.3) is 0 Å². The Morgan fingerprint density at radius 2 is 0.656 bits per heavy atom. The lowest BCUT2D eigenvalue weighted by atomic mass is 9.94. The van der Waals surface area contributed by atoms with Crippen molar-refractivity contribution >= 4 is 21.5 Å². The molecular weight excluding hydrogens is 388 g/mol. The van der Waals surface area contributed by atoms with Crippen LogP contribution in [0.5, 0.6) is 0 Å². The summed E-state index contributed by atoms with van der Waals surface area (Å²) in [4.78, 5) is 0. The molecule has 0 heterocycles. The molecule has 0 aromatic heterocycles. The van der Waals surface area contributed by atoms with Crippen LogP contribution in [0.4, 0.5) is 0 Å². The Labute approximate surface area is 194 Å². The third kappa shape index (κ3) is 3.95. The molecule has 0 radical (unpaired) electrons. The van der Waals surface area contributed by atoms with E-state index in [0.29, 0.717) is 23.7 Å². The van der Waals surface area contributed by atoms with Crippen LogP contribution >= 0.6 is 0 Å².